The smallest absolute Gasteiger partial charge is 0.217 e. The van der Waals surface area contributed by atoms with Crippen molar-refractivity contribution < 1.29 is 4.39 Å². The molecule has 0 aromatic carbocycles. The van der Waals surface area contributed by atoms with E-state index in [1.165, 1.54) is 31.7 Å². The molecule has 1 fully saturated rings. The molecule has 1 aliphatic rings. The van der Waals surface area contributed by atoms with Gasteiger partial charge in [0.05, 0.1) is 0 Å². The molecule has 1 aromatic rings. The van der Waals surface area contributed by atoms with E-state index >= 15 is 0 Å². The predicted octanol–water partition coefficient (Wildman–Crippen LogP) is 2.46. The second-order valence-corrected chi connectivity index (χ2v) is 4.28. The summed E-state index contributed by atoms with van der Waals surface area (Å²) in [5.74, 6) is 1.57. The van der Waals surface area contributed by atoms with E-state index in [0.717, 1.165) is 12.5 Å². The van der Waals surface area contributed by atoms with Crippen molar-refractivity contribution in [1.29, 1.82) is 0 Å². The van der Waals surface area contributed by atoms with Gasteiger partial charge in [-0.1, -0.05) is 19.8 Å². The summed E-state index contributed by atoms with van der Waals surface area (Å²) in [5.41, 5.74) is 0. The van der Waals surface area contributed by atoms with E-state index in [9.17, 15) is 4.39 Å². The van der Waals surface area contributed by atoms with Gasteiger partial charge in [0.2, 0.25) is 5.95 Å². The molecule has 1 N–H and O–H groups in total. The van der Waals surface area contributed by atoms with E-state index in [0.29, 0.717) is 11.7 Å². The van der Waals surface area contributed by atoms with Gasteiger partial charge < -0.3 is 5.32 Å². The van der Waals surface area contributed by atoms with Crippen molar-refractivity contribution in [1.82, 2.24) is 9.97 Å². The van der Waals surface area contributed by atoms with E-state index in [1.807, 2.05) is 0 Å². The standard InChI is InChI=1S/C11H16FN3/c1-8-3-2-4-9(8)6-13-11-5-10(12)14-7-15-11/h5,7-9H,2-4,6H2,1H3,(H,13,14,15). The van der Waals surface area contributed by atoms with Crippen LogP contribution in [-0.4, -0.2) is 16.5 Å². The van der Waals surface area contributed by atoms with Gasteiger partial charge in [-0.25, -0.2) is 9.97 Å². The highest BCUT2D eigenvalue weighted by atomic mass is 19.1. The molecule has 0 radical (unpaired) electrons. The van der Waals surface area contributed by atoms with Crippen LogP contribution in [0.3, 0.4) is 0 Å². The zero-order valence-electron chi connectivity index (χ0n) is 8.91. The molecule has 2 atom stereocenters. The van der Waals surface area contributed by atoms with Crippen LogP contribution in [0.1, 0.15) is 26.2 Å². The first-order valence-corrected chi connectivity index (χ1v) is 5.47. The van der Waals surface area contributed by atoms with Crippen molar-refractivity contribution >= 4 is 5.82 Å². The summed E-state index contributed by atoms with van der Waals surface area (Å²) in [5, 5.41) is 3.17. The fourth-order valence-corrected chi connectivity index (χ4v) is 2.19. The minimum atomic E-state index is -0.480. The van der Waals surface area contributed by atoms with Crippen LogP contribution in [0.5, 0.6) is 0 Å². The Kier molecular flexibility index (Phi) is 3.14. The van der Waals surface area contributed by atoms with Gasteiger partial charge in [-0.15, -0.1) is 0 Å². The van der Waals surface area contributed by atoms with Crippen molar-refractivity contribution in [2.75, 3.05) is 11.9 Å². The summed E-state index contributed by atoms with van der Waals surface area (Å²) in [4.78, 5) is 7.38. The Morgan fingerprint density at radius 2 is 2.33 bits per heavy atom. The fourth-order valence-electron chi connectivity index (χ4n) is 2.19. The van der Waals surface area contributed by atoms with Crippen LogP contribution >= 0.6 is 0 Å². The van der Waals surface area contributed by atoms with Crippen molar-refractivity contribution in [3.8, 4) is 0 Å². The lowest BCUT2D eigenvalue weighted by molar-refractivity contribution is 0.439. The molecule has 0 bridgehead atoms. The maximum absolute atomic E-state index is 12.8. The maximum atomic E-state index is 12.8. The van der Waals surface area contributed by atoms with E-state index in [2.05, 4.69) is 22.2 Å². The van der Waals surface area contributed by atoms with Crippen LogP contribution in [0.2, 0.25) is 0 Å². The third kappa shape index (κ3) is 2.64. The number of halogens is 1. The molecule has 0 saturated heterocycles. The Hall–Kier alpha value is -1.19. The first kappa shape index (κ1) is 10.3. The first-order valence-electron chi connectivity index (χ1n) is 5.47. The second kappa shape index (κ2) is 4.55. The molecule has 2 unspecified atom stereocenters. The minimum absolute atomic E-state index is 0.480. The number of nitrogens with zero attached hydrogens (tertiary/aromatic N) is 2. The molecule has 4 heteroatoms. The zero-order valence-corrected chi connectivity index (χ0v) is 8.91. The molecule has 0 aliphatic heterocycles. The molecule has 0 spiro atoms. The van der Waals surface area contributed by atoms with Gasteiger partial charge in [-0.05, 0) is 18.3 Å². The Morgan fingerprint density at radius 1 is 1.47 bits per heavy atom. The highest BCUT2D eigenvalue weighted by molar-refractivity contribution is 5.32. The summed E-state index contributed by atoms with van der Waals surface area (Å²) >= 11 is 0. The predicted molar refractivity (Wildman–Crippen MR) is 57.0 cm³/mol. The monoisotopic (exact) mass is 209 g/mol. The van der Waals surface area contributed by atoms with Crippen LogP contribution in [0, 0.1) is 17.8 Å². The zero-order chi connectivity index (χ0) is 10.7. The third-order valence-corrected chi connectivity index (χ3v) is 3.22. The number of nitrogens with one attached hydrogen (secondary N) is 1. The van der Waals surface area contributed by atoms with E-state index < -0.39 is 5.95 Å². The van der Waals surface area contributed by atoms with Gasteiger partial charge in [0, 0.05) is 12.6 Å². The number of rotatable bonds is 3. The Morgan fingerprint density at radius 3 is 3.00 bits per heavy atom. The van der Waals surface area contributed by atoms with Gasteiger partial charge >= 0.3 is 0 Å². The molecule has 1 saturated carbocycles. The summed E-state index contributed by atoms with van der Waals surface area (Å²) in [6, 6.07) is 1.33. The van der Waals surface area contributed by atoms with Crippen LogP contribution < -0.4 is 5.32 Å². The average molecular weight is 209 g/mol. The molecule has 1 heterocycles. The van der Waals surface area contributed by atoms with Gasteiger partial charge in [-0.3, -0.25) is 0 Å². The highest BCUT2D eigenvalue weighted by Gasteiger charge is 2.22. The van der Waals surface area contributed by atoms with Gasteiger partial charge in [0.1, 0.15) is 12.1 Å². The lowest BCUT2D eigenvalue weighted by Crippen LogP contribution is -2.17. The van der Waals surface area contributed by atoms with Crippen LogP contribution in [0.15, 0.2) is 12.4 Å². The van der Waals surface area contributed by atoms with E-state index in [1.54, 1.807) is 0 Å². The Balaban J connectivity index is 1.87. The average Bonchev–Trinajstić information content (AvgIpc) is 2.61. The van der Waals surface area contributed by atoms with Crippen LogP contribution in [0.25, 0.3) is 0 Å². The molecular formula is C11H16FN3. The fraction of sp³-hybridized carbons (Fsp3) is 0.636. The molecule has 82 valence electrons. The number of hydrogen-bond donors (Lipinski definition) is 1. The first-order chi connectivity index (χ1) is 7.25. The van der Waals surface area contributed by atoms with Crippen molar-refractivity contribution in [2.24, 2.45) is 11.8 Å². The molecular weight excluding hydrogens is 193 g/mol. The Bertz CT molecular complexity index is 329. The van der Waals surface area contributed by atoms with Crippen molar-refractivity contribution in [3.63, 3.8) is 0 Å². The lowest BCUT2D eigenvalue weighted by atomic mass is 9.98. The summed E-state index contributed by atoms with van der Waals surface area (Å²) in [7, 11) is 0. The van der Waals surface area contributed by atoms with Gasteiger partial charge in [-0.2, -0.15) is 4.39 Å². The minimum Gasteiger partial charge on any atom is -0.370 e. The molecule has 1 aromatic heterocycles. The van der Waals surface area contributed by atoms with E-state index in [4.69, 9.17) is 0 Å². The number of hydrogen-bond acceptors (Lipinski definition) is 3. The maximum Gasteiger partial charge on any atom is 0.217 e. The quantitative estimate of drug-likeness (QED) is 0.777. The third-order valence-electron chi connectivity index (χ3n) is 3.22. The summed E-state index contributed by atoms with van der Waals surface area (Å²) in [6.07, 6.45) is 5.13. The van der Waals surface area contributed by atoms with Crippen LogP contribution in [-0.2, 0) is 0 Å². The molecule has 3 nitrogen and oxygen atoms in total. The van der Waals surface area contributed by atoms with Crippen molar-refractivity contribution in [2.45, 2.75) is 26.2 Å². The second-order valence-electron chi connectivity index (χ2n) is 4.28. The van der Waals surface area contributed by atoms with Gasteiger partial charge in [0.15, 0.2) is 0 Å². The van der Waals surface area contributed by atoms with Crippen molar-refractivity contribution in [3.05, 3.63) is 18.3 Å². The lowest BCUT2D eigenvalue weighted by Gasteiger charge is -2.15. The molecule has 0 amide bonds. The highest BCUT2D eigenvalue weighted by Crippen LogP contribution is 2.30. The molecule has 1 aliphatic carbocycles. The topological polar surface area (TPSA) is 37.8 Å². The number of aromatic nitrogens is 2. The summed E-state index contributed by atoms with van der Waals surface area (Å²) < 4.78 is 12.8. The Labute approximate surface area is 89.1 Å². The SMILES string of the molecule is CC1CCCC1CNc1cc(F)ncn1. The molecule has 15 heavy (non-hydrogen) atoms. The largest absolute Gasteiger partial charge is 0.370 e. The van der Waals surface area contributed by atoms with E-state index in [-0.39, 0.29) is 0 Å². The van der Waals surface area contributed by atoms with Crippen LogP contribution in [0.4, 0.5) is 10.2 Å². The van der Waals surface area contributed by atoms with Gasteiger partial charge in [0.25, 0.3) is 0 Å². The normalized spacial score (nSPS) is 25.5. The number of anilines is 1. The summed E-state index contributed by atoms with van der Waals surface area (Å²) in [6.45, 7) is 3.16. The molecule has 2 rings (SSSR count).